The minimum absolute atomic E-state index is 0.00822. The number of aliphatic carboxylic acids is 1. The Bertz CT molecular complexity index is 772. The number of halogens is 2. The van der Waals surface area contributed by atoms with Crippen LogP contribution in [0.1, 0.15) is 24.0 Å². The van der Waals surface area contributed by atoms with Gasteiger partial charge in [0.1, 0.15) is 5.75 Å². The molecular weight excluding hydrogens is 370 g/mol. The molecular formula is C20H22F2N2O4. The van der Waals surface area contributed by atoms with E-state index in [4.69, 9.17) is 5.11 Å². The molecule has 2 amide bonds. The molecule has 0 bridgehead atoms. The monoisotopic (exact) mass is 392 g/mol. The van der Waals surface area contributed by atoms with Gasteiger partial charge < -0.3 is 20.5 Å². The number of ether oxygens (including phenoxy) is 1. The fraction of sp³-hybridized carbons (Fsp3) is 0.300. The number of carbonyl (C=O) groups excluding carboxylic acids is 1. The van der Waals surface area contributed by atoms with Gasteiger partial charge in [0, 0.05) is 24.6 Å². The van der Waals surface area contributed by atoms with Crippen molar-refractivity contribution in [2.75, 3.05) is 0 Å². The van der Waals surface area contributed by atoms with E-state index in [1.54, 1.807) is 18.2 Å². The van der Waals surface area contributed by atoms with Crippen LogP contribution in [0.5, 0.6) is 5.75 Å². The summed E-state index contributed by atoms with van der Waals surface area (Å²) in [5, 5.41) is 14.3. The number of carbonyl (C=O) groups is 2. The molecule has 8 heteroatoms. The Morgan fingerprint density at radius 3 is 2.39 bits per heavy atom. The summed E-state index contributed by atoms with van der Waals surface area (Å²) < 4.78 is 29.3. The summed E-state index contributed by atoms with van der Waals surface area (Å²) >= 11 is 0. The second kappa shape index (κ2) is 10.9. The third kappa shape index (κ3) is 7.61. The zero-order valence-corrected chi connectivity index (χ0v) is 15.1. The van der Waals surface area contributed by atoms with Crippen molar-refractivity contribution in [3.8, 4) is 5.75 Å². The lowest BCUT2D eigenvalue weighted by molar-refractivity contribution is -0.137. The molecule has 1 unspecified atom stereocenters. The first-order chi connectivity index (χ1) is 13.4. The number of alkyl halides is 2. The molecule has 0 aliphatic carbocycles. The van der Waals surface area contributed by atoms with Crippen LogP contribution in [0.3, 0.4) is 0 Å². The molecule has 150 valence electrons. The van der Waals surface area contributed by atoms with E-state index in [2.05, 4.69) is 15.4 Å². The molecule has 0 saturated heterocycles. The number of para-hydroxylation sites is 1. The highest BCUT2D eigenvalue weighted by molar-refractivity contribution is 5.74. The van der Waals surface area contributed by atoms with Gasteiger partial charge in [-0.3, -0.25) is 4.79 Å². The van der Waals surface area contributed by atoms with Crippen molar-refractivity contribution in [2.24, 2.45) is 0 Å². The molecule has 0 heterocycles. The van der Waals surface area contributed by atoms with Crippen LogP contribution in [0.25, 0.3) is 0 Å². The maximum absolute atomic E-state index is 12.5. The summed E-state index contributed by atoms with van der Waals surface area (Å²) in [6.45, 7) is -2.97. The smallest absolute Gasteiger partial charge is 0.387 e. The van der Waals surface area contributed by atoms with Gasteiger partial charge in [-0.2, -0.15) is 8.78 Å². The Balaban J connectivity index is 1.94. The molecule has 6 nitrogen and oxygen atoms in total. The van der Waals surface area contributed by atoms with E-state index >= 15 is 0 Å². The standard InChI is InChI=1S/C20H22F2N2O4/c21-19(22)28-17-9-5-4-8-15(17)13-23-20(27)24-16(10-11-18(25)26)12-14-6-2-1-3-7-14/h1-9,16,19H,10-13H2,(H,25,26)(H2,23,24,27). The van der Waals surface area contributed by atoms with Crippen LogP contribution >= 0.6 is 0 Å². The van der Waals surface area contributed by atoms with Gasteiger partial charge in [0.2, 0.25) is 0 Å². The van der Waals surface area contributed by atoms with Crippen LogP contribution in [0.15, 0.2) is 54.6 Å². The van der Waals surface area contributed by atoms with Crippen molar-refractivity contribution in [1.82, 2.24) is 10.6 Å². The Morgan fingerprint density at radius 2 is 1.71 bits per heavy atom. The van der Waals surface area contributed by atoms with E-state index in [9.17, 15) is 18.4 Å². The number of urea groups is 1. The molecule has 2 aromatic rings. The fourth-order valence-electron chi connectivity index (χ4n) is 2.69. The highest BCUT2D eigenvalue weighted by atomic mass is 19.3. The molecule has 28 heavy (non-hydrogen) atoms. The van der Waals surface area contributed by atoms with Crippen molar-refractivity contribution in [1.29, 1.82) is 0 Å². The number of carboxylic acids is 1. The van der Waals surface area contributed by atoms with E-state index in [0.29, 0.717) is 12.0 Å². The number of rotatable bonds is 10. The van der Waals surface area contributed by atoms with E-state index in [0.717, 1.165) is 5.56 Å². The molecule has 0 radical (unpaired) electrons. The van der Waals surface area contributed by atoms with E-state index in [1.807, 2.05) is 30.3 Å². The highest BCUT2D eigenvalue weighted by Gasteiger charge is 2.15. The highest BCUT2D eigenvalue weighted by Crippen LogP contribution is 2.20. The largest absolute Gasteiger partial charge is 0.481 e. The number of amides is 2. The van der Waals surface area contributed by atoms with Crippen molar-refractivity contribution in [3.63, 3.8) is 0 Å². The molecule has 2 aromatic carbocycles. The first-order valence-corrected chi connectivity index (χ1v) is 8.77. The maximum atomic E-state index is 12.5. The Labute approximate surface area is 161 Å². The third-order valence-electron chi connectivity index (χ3n) is 3.99. The first-order valence-electron chi connectivity index (χ1n) is 8.77. The van der Waals surface area contributed by atoms with Gasteiger partial charge in [0.25, 0.3) is 0 Å². The minimum atomic E-state index is -2.96. The molecule has 2 rings (SSSR count). The average Bonchev–Trinajstić information content (AvgIpc) is 2.66. The van der Waals surface area contributed by atoms with Crippen LogP contribution in [0.4, 0.5) is 13.6 Å². The van der Waals surface area contributed by atoms with Crippen LogP contribution < -0.4 is 15.4 Å². The molecule has 0 spiro atoms. The lowest BCUT2D eigenvalue weighted by Crippen LogP contribution is -2.43. The average molecular weight is 392 g/mol. The SMILES string of the molecule is O=C(O)CCC(Cc1ccccc1)NC(=O)NCc1ccccc1OC(F)F. The van der Waals surface area contributed by atoms with E-state index in [1.165, 1.54) is 6.07 Å². The lowest BCUT2D eigenvalue weighted by atomic mass is 10.0. The number of nitrogens with one attached hydrogen (secondary N) is 2. The van der Waals surface area contributed by atoms with Crippen molar-refractivity contribution in [2.45, 2.75) is 38.5 Å². The summed E-state index contributed by atoms with van der Waals surface area (Å²) in [7, 11) is 0. The summed E-state index contributed by atoms with van der Waals surface area (Å²) in [4.78, 5) is 23.1. The minimum Gasteiger partial charge on any atom is -0.481 e. The van der Waals surface area contributed by atoms with Gasteiger partial charge >= 0.3 is 18.6 Å². The van der Waals surface area contributed by atoms with Crippen LogP contribution in [0.2, 0.25) is 0 Å². The van der Waals surface area contributed by atoms with Crippen molar-refractivity contribution < 1.29 is 28.2 Å². The van der Waals surface area contributed by atoms with Crippen LogP contribution in [-0.2, 0) is 17.8 Å². The third-order valence-corrected chi connectivity index (χ3v) is 3.99. The topological polar surface area (TPSA) is 87.7 Å². The summed E-state index contributed by atoms with van der Waals surface area (Å²) in [5.41, 5.74) is 1.37. The number of carboxylic acid groups (broad SMARTS) is 1. The Hall–Kier alpha value is -3.16. The Kier molecular flexibility index (Phi) is 8.20. The number of hydrogen-bond acceptors (Lipinski definition) is 3. The second-order valence-electron chi connectivity index (χ2n) is 6.13. The normalized spacial score (nSPS) is 11.7. The second-order valence-corrected chi connectivity index (χ2v) is 6.13. The summed E-state index contributed by atoms with van der Waals surface area (Å²) in [6.07, 6.45) is 0.665. The quantitative estimate of drug-likeness (QED) is 0.577. The number of benzene rings is 2. The molecule has 1 atom stereocenters. The van der Waals surface area contributed by atoms with E-state index in [-0.39, 0.29) is 31.2 Å². The predicted octanol–water partition coefficient (Wildman–Crippen LogP) is 3.56. The molecule has 0 fully saturated rings. The van der Waals surface area contributed by atoms with Crippen LogP contribution in [-0.4, -0.2) is 29.8 Å². The zero-order chi connectivity index (χ0) is 20.4. The Morgan fingerprint density at radius 1 is 1.04 bits per heavy atom. The molecule has 0 aromatic heterocycles. The predicted molar refractivity (Wildman–Crippen MR) is 99.2 cm³/mol. The maximum Gasteiger partial charge on any atom is 0.387 e. The van der Waals surface area contributed by atoms with Gasteiger partial charge in [0.15, 0.2) is 0 Å². The molecule has 3 N–H and O–H groups in total. The van der Waals surface area contributed by atoms with Gasteiger partial charge in [-0.25, -0.2) is 4.79 Å². The molecule has 0 aliphatic heterocycles. The number of hydrogen-bond donors (Lipinski definition) is 3. The van der Waals surface area contributed by atoms with Crippen LogP contribution in [0, 0.1) is 0 Å². The van der Waals surface area contributed by atoms with Gasteiger partial charge in [0.05, 0.1) is 0 Å². The summed E-state index contributed by atoms with van der Waals surface area (Å²) in [6, 6.07) is 14.7. The first kappa shape index (κ1) is 21.1. The van der Waals surface area contributed by atoms with Gasteiger partial charge in [-0.05, 0) is 24.5 Å². The fourth-order valence-corrected chi connectivity index (χ4v) is 2.69. The van der Waals surface area contributed by atoms with E-state index < -0.39 is 18.6 Å². The molecule has 0 saturated carbocycles. The van der Waals surface area contributed by atoms with Gasteiger partial charge in [-0.15, -0.1) is 0 Å². The zero-order valence-electron chi connectivity index (χ0n) is 15.1. The van der Waals surface area contributed by atoms with Crippen molar-refractivity contribution in [3.05, 3.63) is 65.7 Å². The van der Waals surface area contributed by atoms with Gasteiger partial charge in [-0.1, -0.05) is 48.5 Å². The summed E-state index contributed by atoms with van der Waals surface area (Å²) in [5.74, 6) is -0.956. The van der Waals surface area contributed by atoms with Crippen molar-refractivity contribution >= 4 is 12.0 Å². The lowest BCUT2D eigenvalue weighted by Gasteiger charge is -2.19. The molecule has 0 aliphatic rings.